The predicted octanol–water partition coefficient (Wildman–Crippen LogP) is 3.68. The quantitative estimate of drug-likeness (QED) is 0.754. The van der Waals surface area contributed by atoms with Crippen LogP contribution in [0.5, 0.6) is 0 Å². The van der Waals surface area contributed by atoms with Crippen LogP contribution in [0.1, 0.15) is 25.0 Å². The number of aryl methyl sites for hydroxylation is 1. The summed E-state index contributed by atoms with van der Waals surface area (Å²) in [5, 5.41) is 2.79. The number of benzene rings is 2. The van der Waals surface area contributed by atoms with Gasteiger partial charge >= 0.3 is 0 Å². The van der Waals surface area contributed by atoms with Gasteiger partial charge in [-0.1, -0.05) is 38.1 Å². The summed E-state index contributed by atoms with van der Waals surface area (Å²) in [7, 11) is -3.46. The van der Waals surface area contributed by atoms with Gasteiger partial charge in [-0.05, 0) is 48.4 Å². The molecule has 1 N–H and O–H groups in total. The van der Waals surface area contributed by atoms with Crippen LogP contribution in [-0.4, -0.2) is 31.7 Å². The molecule has 0 saturated carbocycles. The van der Waals surface area contributed by atoms with Crippen LogP contribution in [0.15, 0.2) is 59.5 Å². The lowest BCUT2D eigenvalue weighted by Crippen LogP contribution is -2.30. The van der Waals surface area contributed by atoms with Crippen molar-refractivity contribution in [3.63, 3.8) is 0 Å². The molecule has 1 amide bonds. The molecule has 0 unspecified atom stereocenters. The van der Waals surface area contributed by atoms with Gasteiger partial charge in [0, 0.05) is 24.9 Å². The van der Waals surface area contributed by atoms with Gasteiger partial charge in [0.05, 0.1) is 4.90 Å². The highest BCUT2D eigenvalue weighted by molar-refractivity contribution is 7.89. The van der Waals surface area contributed by atoms with Gasteiger partial charge in [0.15, 0.2) is 0 Å². The molecule has 138 valence electrons. The fraction of sp³-hybridized carbons (Fsp3) is 0.250. The second-order valence-electron chi connectivity index (χ2n) is 5.85. The van der Waals surface area contributed by atoms with Crippen LogP contribution in [0.4, 0.5) is 5.69 Å². The standard InChI is InChI=1S/C20H24N2O3S/c1-4-22(5-2)26(24,25)19-12-9-17(10-13-19)11-14-20(23)21-18-8-6-7-16(3)15-18/h6-15H,4-5H2,1-3H3,(H,21,23). The van der Waals surface area contributed by atoms with E-state index >= 15 is 0 Å². The van der Waals surface area contributed by atoms with Crippen molar-refractivity contribution in [1.29, 1.82) is 0 Å². The molecule has 0 fully saturated rings. The van der Waals surface area contributed by atoms with E-state index in [1.165, 1.54) is 10.4 Å². The molecule has 0 aliphatic carbocycles. The molecule has 0 aliphatic heterocycles. The van der Waals surface area contributed by atoms with Crippen molar-refractivity contribution in [3.8, 4) is 0 Å². The van der Waals surface area contributed by atoms with Crippen LogP contribution in [0.25, 0.3) is 6.08 Å². The minimum absolute atomic E-state index is 0.240. The topological polar surface area (TPSA) is 66.5 Å². The third-order valence-corrected chi connectivity index (χ3v) is 6.00. The minimum Gasteiger partial charge on any atom is -0.323 e. The Labute approximate surface area is 155 Å². The van der Waals surface area contributed by atoms with E-state index in [0.29, 0.717) is 13.1 Å². The molecule has 2 rings (SSSR count). The Morgan fingerprint density at radius 1 is 1.08 bits per heavy atom. The highest BCUT2D eigenvalue weighted by Crippen LogP contribution is 2.17. The van der Waals surface area contributed by atoms with Crippen molar-refractivity contribution in [1.82, 2.24) is 4.31 Å². The zero-order valence-electron chi connectivity index (χ0n) is 15.3. The summed E-state index contributed by atoms with van der Waals surface area (Å²) in [6, 6.07) is 14.0. The molecule has 0 aliphatic rings. The molecule has 0 radical (unpaired) electrons. The van der Waals surface area contributed by atoms with Gasteiger partial charge in [0.1, 0.15) is 0 Å². The second kappa shape index (κ2) is 8.78. The van der Waals surface area contributed by atoms with Crippen molar-refractivity contribution < 1.29 is 13.2 Å². The number of rotatable bonds is 7. The SMILES string of the molecule is CCN(CC)S(=O)(=O)c1ccc(C=CC(=O)Nc2cccc(C)c2)cc1. The summed E-state index contributed by atoms with van der Waals surface area (Å²) < 4.78 is 26.3. The molecule has 2 aromatic rings. The van der Waals surface area contributed by atoms with E-state index in [2.05, 4.69) is 5.32 Å². The Morgan fingerprint density at radius 2 is 1.73 bits per heavy atom. The van der Waals surface area contributed by atoms with E-state index in [1.54, 1.807) is 30.3 Å². The lowest BCUT2D eigenvalue weighted by molar-refractivity contribution is -0.111. The molecule has 2 aromatic carbocycles. The Hall–Kier alpha value is -2.44. The van der Waals surface area contributed by atoms with Gasteiger partial charge in [-0.15, -0.1) is 0 Å². The van der Waals surface area contributed by atoms with Gasteiger partial charge in [0.25, 0.3) is 0 Å². The maximum absolute atomic E-state index is 12.4. The number of nitrogens with one attached hydrogen (secondary N) is 1. The molecule has 5 nitrogen and oxygen atoms in total. The van der Waals surface area contributed by atoms with E-state index in [-0.39, 0.29) is 10.8 Å². The number of sulfonamides is 1. The number of anilines is 1. The normalized spacial score (nSPS) is 11.8. The highest BCUT2D eigenvalue weighted by Gasteiger charge is 2.20. The lowest BCUT2D eigenvalue weighted by atomic mass is 10.2. The number of nitrogens with zero attached hydrogens (tertiary/aromatic N) is 1. The summed E-state index contributed by atoms with van der Waals surface area (Å²) in [6.45, 7) is 6.44. The fourth-order valence-corrected chi connectivity index (χ4v) is 4.00. The van der Waals surface area contributed by atoms with E-state index in [1.807, 2.05) is 45.0 Å². The zero-order valence-corrected chi connectivity index (χ0v) is 16.1. The van der Waals surface area contributed by atoms with Crippen LogP contribution >= 0.6 is 0 Å². The molecule has 6 heteroatoms. The van der Waals surface area contributed by atoms with Crippen LogP contribution < -0.4 is 5.32 Å². The summed E-state index contributed by atoms with van der Waals surface area (Å²) in [5.74, 6) is -0.240. The molecule has 0 spiro atoms. The average molecular weight is 372 g/mol. The molecular formula is C20H24N2O3S. The molecule has 0 heterocycles. The van der Waals surface area contributed by atoms with Crippen molar-refractivity contribution in [2.45, 2.75) is 25.7 Å². The number of hydrogen-bond donors (Lipinski definition) is 1. The van der Waals surface area contributed by atoms with Gasteiger partial charge in [-0.25, -0.2) is 8.42 Å². The van der Waals surface area contributed by atoms with Crippen LogP contribution in [0.3, 0.4) is 0 Å². The van der Waals surface area contributed by atoms with E-state index in [4.69, 9.17) is 0 Å². The number of carbonyl (C=O) groups excluding carboxylic acids is 1. The Morgan fingerprint density at radius 3 is 2.31 bits per heavy atom. The zero-order chi connectivity index (χ0) is 19.2. The van der Waals surface area contributed by atoms with Gasteiger partial charge in [0.2, 0.25) is 15.9 Å². The van der Waals surface area contributed by atoms with Crippen molar-refractivity contribution in [2.75, 3.05) is 18.4 Å². The smallest absolute Gasteiger partial charge is 0.248 e. The molecule has 0 atom stereocenters. The lowest BCUT2D eigenvalue weighted by Gasteiger charge is -2.18. The Kier molecular flexibility index (Phi) is 6.71. The summed E-state index contributed by atoms with van der Waals surface area (Å²) >= 11 is 0. The first kappa shape index (κ1) is 19.9. The summed E-state index contributed by atoms with van der Waals surface area (Å²) in [5.41, 5.74) is 2.56. The first-order valence-electron chi connectivity index (χ1n) is 8.52. The number of amides is 1. The fourth-order valence-electron chi connectivity index (χ4n) is 2.54. The van der Waals surface area contributed by atoms with Gasteiger partial charge < -0.3 is 5.32 Å². The summed E-state index contributed by atoms with van der Waals surface area (Å²) in [6.07, 6.45) is 3.08. The summed E-state index contributed by atoms with van der Waals surface area (Å²) in [4.78, 5) is 12.2. The Bertz CT molecular complexity index is 884. The van der Waals surface area contributed by atoms with Crippen LogP contribution in [0, 0.1) is 6.92 Å². The predicted molar refractivity (Wildman–Crippen MR) is 105 cm³/mol. The van der Waals surface area contributed by atoms with Crippen molar-refractivity contribution >= 4 is 27.7 Å². The third-order valence-electron chi connectivity index (χ3n) is 3.94. The minimum atomic E-state index is -3.46. The van der Waals surface area contributed by atoms with Crippen molar-refractivity contribution in [2.24, 2.45) is 0 Å². The molecule has 0 bridgehead atoms. The van der Waals surface area contributed by atoms with Gasteiger partial charge in [-0.3, -0.25) is 4.79 Å². The van der Waals surface area contributed by atoms with Crippen LogP contribution in [-0.2, 0) is 14.8 Å². The van der Waals surface area contributed by atoms with E-state index in [9.17, 15) is 13.2 Å². The van der Waals surface area contributed by atoms with E-state index in [0.717, 1.165) is 16.8 Å². The maximum Gasteiger partial charge on any atom is 0.248 e. The molecule has 0 aromatic heterocycles. The molecule has 0 saturated heterocycles. The highest BCUT2D eigenvalue weighted by atomic mass is 32.2. The van der Waals surface area contributed by atoms with Crippen LogP contribution in [0.2, 0.25) is 0 Å². The van der Waals surface area contributed by atoms with Crippen molar-refractivity contribution in [3.05, 3.63) is 65.7 Å². The first-order valence-corrected chi connectivity index (χ1v) is 9.96. The average Bonchev–Trinajstić information content (AvgIpc) is 2.61. The molecular weight excluding hydrogens is 348 g/mol. The van der Waals surface area contributed by atoms with E-state index < -0.39 is 10.0 Å². The number of carbonyl (C=O) groups is 1. The molecule has 26 heavy (non-hydrogen) atoms. The third kappa shape index (κ3) is 5.03. The number of hydrogen-bond acceptors (Lipinski definition) is 3. The monoisotopic (exact) mass is 372 g/mol. The first-order chi connectivity index (χ1) is 12.4. The largest absolute Gasteiger partial charge is 0.323 e. The van der Waals surface area contributed by atoms with Gasteiger partial charge in [-0.2, -0.15) is 4.31 Å². The Balaban J connectivity index is 2.06. The second-order valence-corrected chi connectivity index (χ2v) is 7.79. The maximum atomic E-state index is 12.4.